The molecule has 0 atom stereocenters. The number of para-hydroxylation sites is 1. The van der Waals surface area contributed by atoms with Crippen LogP contribution in [0.4, 0.5) is 10.1 Å². The van der Waals surface area contributed by atoms with Crippen molar-refractivity contribution in [2.75, 3.05) is 11.9 Å². The summed E-state index contributed by atoms with van der Waals surface area (Å²) in [4.78, 5) is 11.2. The van der Waals surface area contributed by atoms with E-state index in [4.69, 9.17) is 0 Å². The van der Waals surface area contributed by atoms with Crippen molar-refractivity contribution in [3.63, 3.8) is 0 Å². The molecule has 21 heavy (non-hydrogen) atoms. The van der Waals surface area contributed by atoms with Crippen LogP contribution in [0.5, 0.6) is 0 Å². The quantitative estimate of drug-likeness (QED) is 0.879. The highest BCUT2D eigenvalue weighted by atomic mass is 19.1. The fourth-order valence-corrected chi connectivity index (χ4v) is 2.34. The second-order valence-electron chi connectivity index (χ2n) is 5.05. The lowest BCUT2D eigenvalue weighted by Gasteiger charge is -2.13. The zero-order chi connectivity index (χ0) is 15.4. The molecular weight excluding hydrogens is 269 g/mol. The number of halogens is 1. The van der Waals surface area contributed by atoms with Crippen LogP contribution < -0.4 is 5.32 Å². The number of carboxylic acids is 1. The lowest BCUT2D eigenvalue weighted by atomic mass is 10.0. The Morgan fingerprint density at radius 2 is 1.95 bits per heavy atom. The fraction of sp³-hybridized carbons (Fsp3) is 0.235. The van der Waals surface area contributed by atoms with Crippen LogP contribution in [0.2, 0.25) is 0 Å². The smallest absolute Gasteiger partial charge is 0.337 e. The first-order valence-electron chi connectivity index (χ1n) is 6.81. The maximum absolute atomic E-state index is 13.0. The zero-order valence-corrected chi connectivity index (χ0v) is 12.1. The topological polar surface area (TPSA) is 49.3 Å². The molecule has 4 heteroatoms. The first-order valence-corrected chi connectivity index (χ1v) is 6.81. The van der Waals surface area contributed by atoms with E-state index in [1.165, 1.54) is 12.1 Å². The Bertz CT molecular complexity index is 668. The van der Waals surface area contributed by atoms with Gasteiger partial charge in [-0.1, -0.05) is 18.2 Å². The van der Waals surface area contributed by atoms with Gasteiger partial charge in [-0.25, -0.2) is 9.18 Å². The number of hydrogen-bond donors (Lipinski definition) is 2. The minimum atomic E-state index is -0.945. The van der Waals surface area contributed by atoms with E-state index >= 15 is 0 Å². The van der Waals surface area contributed by atoms with Gasteiger partial charge in [0.1, 0.15) is 5.82 Å². The van der Waals surface area contributed by atoms with Gasteiger partial charge in [0.25, 0.3) is 0 Å². The number of aryl methyl sites for hydroxylation is 2. The summed E-state index contributed by atoms with van der Waals surface area (Å²) in [6.07, 6.45) is 0.708. The second-order valence-corrected chi connectivity index (χ2v) is 5.05. The summed E-state index contributed by atoms with van der Waals surface area (Å²) in [5.41, 5.74) is 3.76. The van der Waals surface area contributed by atoms with Crippen LogP contribution in [0.25, 0.3) is 0 Å². The van der Waals surface area contributed by atoms with Gasteiger partial charge in [0.05, 0.1) is 11.3 Å². The van der Waals surface area contributed by atoms with E-state index in [1.807, 2.05) is 19.9 Å². The van der Waals surface area contributed by atoms with Gasteiger partial charge in [0, 0.05) is 6.54 Å². The number of nitrogens with one attached hydrogen (secondary N) is 1. The van der Waals surface area contributed by atoms with Gasteiger partial charge >= 0.3 is 5.97 Å². The molecule has 0 radical (unpaired) electrons. The van der Waals surface area contributed by atoms with E-state index < -0.39 is 5.97 Å². The Labute approximate surface area is 123 Å². The largest absolute Gasteiger partial charge is 0.478 e. The van der Waals surface area contributed by atoms with Crippen LogP contribution in [0, 0.1) is 19.7 Å². The summed E-state index contributed by atoms with van der Waals surface area (Å²) in [7, 11) is 0. The van der Waals surface area contributed by atoms with E-state index in [-0.39, 0.29) is 11.4 Å². The Morgan fingerprint density at radius 3 is 2.62 bits per heavy atom. The summed E-state index contributed by atoms with van der Waals surface area (Å²) < 4.78 is 13.0. The summed E-state index contributed by atoms with van der Waals surface area (Å²) in [5, 5.41) is 12.4. The molecule has 0 saturated carbocycles. The van der Waals surface area contributed by atoms with Crippen molar-refractivity contribution < 1.29 is 14.3 Å². The van der Waals surface area contributed by atoms with Gasteiger partial charge in [0.2, 0.25) is 0 Å². The number of hydrogen-bond acceptors (Lipinski definition) is 2. The van der Waals surface area contributed by atoms with Crippen molar-refractivity contribution in [3.05, 3.63) is 64.5 Å². The molecule has 0 fully saturated rings. The van der Waals surface area contributed by atoms with Crippen molar-refractivity contribution in [3.8, 4) is 0 Å². The molecule has 0 heterocycles. The summed E-state index contributed by atoms with van der Waals surface area (Å²) in [6, 6.07) is 9.90. The monoisotopic (exact) mass is 287 g/mol. The van der Waals surface area contributed by atoms with E-state index in [0.29, 0.717) is 18.7 Å². The lowest BCUT2D eigenvalue weighted by molar-refractivity contribution is 0.0698. The molecule has 0 aliphatic carbocycles. The van der Waals surface area contributed by atoms with Gasteiger partial charge in [-0.05, 0) is 55.2 Å². The predicted octanol–water partition coefficient (Wildman–Crippen LogP) is 3.80. The second kappa shape index (κ2) is 6.39. The standard InChI is InChI=1S/C17H18FNO2/c1-11-4-3-5-15(17(20)21)16(11)19-9-8-13-6-7-14(18)10-12(13)2/h3-7,10,19H,8-9H2,1-2H3,(H,20,21). The predicted molar refractivity (Wildman–Crippen MR) is 81.5 cm³/mol. The van der Waals surface area contributed by atoms with Crippen LogP contribution in [0.3, 0.4) is 0 Å². The third kappa shape index (κ3) is 3.60. The van der Waals surface area contributed by atoms with Crippen LogP contribution in [0.1, 0.15) is 27.0 Å². The number of aromatic carboxylic acids is 1. The molecule has 2 aromatic carbocycles. The molecule has 110 valence electrons. The van der Waals surface area contributed by atoms with Crippen molar-refractivity contribution in [1.82, 2.24) is 0 Å². The van der Waals surface area contributed by atoms with Gasteiger partial charge in [-0.15, -0.1) is 0 Å². The van der Waals surface area contributed by atoms with Crippen LogP contribution in [-0.4, -0.2) is 17.6 Å². The molecule has 0 spiro atoms. The highest BCUT2D eigenvalue weighted by Crippen LogP contribution is 2.21. The molecule has 0 aliphatic heterocycles. The Balaban J connectivity index is 2.09. The summed E-state index contributed by atoms with van der Waals surface area (Å²) >= 11 is 0. The Hall–Kier alpha value is -2.36. The Kier molecular flexibility index (Phi) is 4.58. The Morgan fingerprint density at radius 1 is 1.19 bits per heavy atom. The van der Waals surface area contributed by atoms with Crippen LogP contribution in [0.15, 0.2) is 36.4 Å². The van der Waals surface area contributed by atoms with Gasteiger partial charge in [-0.2, -0.15) is 0 Å². The van der Waals surface area contributed by atoms with E-state index in [2.05, 4.69) is 5.32 Å². The minimum absolute atomic E-state index is 0.240. The summed E-state index contributed by atoms with van der Waals surface area (Å²) in [6.45, 7) is 4.34. The van der Waals surface area contributed by atoms with Crippen molar-refractivity contribution in [1.29, 1.82) is 0 Å². The molecule has 0 bridgehead atoms. The number of anilines is 1. The highest BCUT2D eigenvalue weighted by Gasteiger charge is 2.11. The molecule has 0 saturated heterocycles. The third-order valence-corrected chi connectivity index (χ3v) is 3.50. The maximum atomic E-state index is 13.0. The number of carboxylic acid groups (broad SMARTS) is 1. The van der Waals surface area contributed by atoms with E-state index in [0.717, 1.165) is 16.7 Å². The molecule has 2 rings (SSSR count). The molecule has 0 amide bonds. The van der Waals surface area contributed by atoms with Crippen LogP contribution in [-0.2, 0) is 6.42 Å². The zero-order valence-electron chi connectivity index (χ0n) is 12.1. The molecule has 0 unspecified atom stereocenters. The third-order valence-electron chi connectivity index (χ3n) is 3.50. The number of benzene rings is 2. The summed E-state index contributed by atoms with van der Waals surface area (Å²) in [5.74, 6) is -1.18. The van der Waals surface area contributed by atoms with Gasteiger partial charge < -0.3 is 10.4 Å². The number of carbonyl (C=O) groups is 1. The van der Waals surface area contributed by atoms with Gasteiger partial charge in [0.15, 0.2) is 0 Å². The molecule has 0 aliphatic rings. The lowest BCUT2D eigenvalue weighted by Crippen LogP contribution is -2.11. The molecule has 2 aromatic rings. The van der Waals surface area contributed by atoms with E-state index in [9.17, 15) is 14.3 Å². The average molecular weight is 287 g/mol. The maximum Gasteiger partial charge on any atom is 0.337 e. The van der Waals surface area contributed by atoms with Crippen molar-refractivity contribution in [2.24, 2.45) is 0 Å². The molecule has 3 nitrogen and oxygen atoms in total. The number of rotatable bonds is 5. The first kappa shape index (κ1) is 15.0. The normalized spacial score (nSPS) is 10.4. The molecule has 2 N–H and O–H groups in total. The van der Waals surface area contributed by atoms with E-state index in [1.54, 1.807) is 18.2 Å². The molecular formula is C17H18FNO2. The van der Waals surface area contributed by atoms with Crippen molar-refractivity contribution >= 4 is 11.7 Å². The molecule has 0 aromatic heterocycles. The van der Waals surface area contributed by atoms with Crippen molar-refractivity contribution in [2.45, 2.75) is 20.3 Å². The fourth-order valence-electron chi connectivity index (χ4n) is 2.34. The average Bonchev–Trinajstić information content (AvgIpc) is 2.42. The van der Waals surface area contributed by atoms with Gasteiger partial charge in [-0.3, -0.25) is 0 Å². The van der Waals surface area contributed by atoms with Crippen LogP contribution >= 0.6 is 0 Å². The minimum Gasteiger partial charge on any atom is -0.478 e. The highest BCUT2D eigenvalue weighted by molar-refractivity contribution is 5.95. The first-order chi connectivity index (χ1) is 9.99. The SMILES string of the molecule is Cc1cc(F)ccc1CCNc1c(C)cccc1C(=O)O.